The first-order valence-corrected chi connectivity index (χ1v) is 6.90. The van der Waals surface area contributed by atoms with Gasteiger partial charge in [-0.2, -0.15) is 0 Å². The van der Waals surface area contributed by atoms with Crippen LogP contribution in [0.15, 0.2) is 24.3 Å². The van der Waals surface area contributed by atoms with Gasteiger partial charge in [-0.15, -0.1) is 0 Å². The zero-order chi connectivity index (χ0) is 14.9. The summed E-state index contributed by atoms with van der Waals surface area (Å²) >= 11 is 0. The molecule has 3 rings (SSSR count). The monoisotopic (exact) mass is 296 g/mol. The van der Waals surface area contributed by atoms with E-state index in [0.29, 0.717) is 13.2 Å². The highest BCUT2D eigenvalue weighted by molar-refractivity contribution is 5.26. The Kier molecular flexibility index (Phi) is 4.14. The molecule has 0 aliphatic carbocycles. The van der Waals surface area contributed by atoms with E-state index >= 15 is 0 Å². The van der Waals surface area contributed by atoms with Crippen LogP contribution in [0.2, 0.25) is 0 Å². The van der Waals surface area contributed by atoms with E-state index in [1.165, 1.54) is 0 Å². The van der Waals surface area contributed by atoms with E-state index in [0.717, 1.165) is 11.3 Å². The summed E-state index contributed by atoms with van der Waals surface area (Å²) in [6.45, 7) is 0.577. The molecule has 0 aromatic heterocycles. The topological polar surface area (TPSA) is 66.4 Å². The Hall–Kier alpha value is -1.18. The van der Waals surface area contributed by atoms with Gasteiger partial charge in [0.25, 0.3) is 0 Å². The number of aliphatic hydroxyl groups excluding tert-OH is 1. The molecular formula is C15H20O6. The lowest BCUT2D eigenvalue weighted by Gasteiger charge is -2.28. The molecule has 0 amide bonds. The molecular weight excluding hydrogens is 276 g/mol. The van der Waals surface area contributed by atoms with Crippen LogP contribution in [0, 0.1) is 0 Å². The summed E-state index contributed by atoms with van der Waals surface area (Å²) in [5, 5.41) is 9.64. The molecule has 1 N–H and O–H groups in total. The average molecular weight is 296 g/mol. The van der Waals surface area contributed by atoms with Crippen LogP contribution >= 0.6 is 0 Å². The van der Waals surface area contributed by atoms with Crippen LogP contribution in [0.5, 0.6) is 5.75 Å². The summed E-state index contributed by atoms with van der Waals surface area (Å²) in [5.41, 5.74) is 0.196. The van der Waals surface area contributed by atoms with Gasteiger partial charge in [0.15, 0.2) is 6.29 Å². The minimum Gasteiger partial charge on any atom is -0.497 e. The van der Waals surface area contributed by atoms with Gasteiger partial charge in [0.1, 0.15) is 23.6 Å². The lowest BCUT2D eigenvalue weighted by molar-refractivity contribution is -0.242. The first kappa shape index (κ1) is 14.7. The maximum Gasteiger partial charge on any atom is 0.187 e. The van der Waals surface area contributed by atoms with Gasteiger partial charge in [0, 0.05) is 7.11 Å². The Morgan fingerprint density at radius 1 is 1.29 bits per heavy atom. The SMILES string of the molecule is COc1ccc(CO[C@@H]2[C@H]3OC[C@@]2(CO)O[C@H]3OC)cc1. The lowest BCUT2D eigenvalue weighted by atomic mass is 10.0. The van der Waals surface area contributed by atoms with Crippen molar-refractivity contribution in [1.29, 1.82) is 0 Å². The van der Waals surface area contributed by atoms with E-state index < -0.39 is 11.9 Å². The van der Waals surface area contributed by atoms with Crippen molar-refractivity contribution in [3.05, 3.63) is 29.8 Å². The van der Waals surface area contributed by atoms with Crippen molar-refractivity contribution >= 4 is 0 Å². The Labute approximate surface area is 123 Å². The fourth-order valence-electron chi connectivity index (χ4n) is 2.84. The van der Waals surface area contributed by atoms with Crippen molar-refractivity contribution in [2.45, 2.75) is 30.7 Å². The molecule has 21 heavy (non-hydrogen) atoms. The summed E-state index contributed by atoms with van der Waals surface area (Å²) < 4.78 is 27.7. The first-order valence-electron chi connectivity index (χ1n) is 6.90. The highest BCUT2D eigenvalue weighted by atomic mass is 16.8. The van der Waals surface area contributed by atoms with Gasteiger partial charge in [-0.1, -0.05) is 12.1 Å². The van der Waals surface area contributed by atoms with Gasteiger partial charge in [-0.3, -0.25) is 0 Å². The summed E-state index contributed by atoms with van der Waals surface area (Å²) in [6.07, 6.45) is -1.14. The number of ether oxygens (including phenoxy) is 5. The molecule has 0 radical (unpaired) electrons. The van der Waals surface area contributed by atoms with Gasteiger partial charge in [-0.25, -0.2) is 0 Å². The number of benzene rings is 1. The van der Waals surface area contributed by atoms with Crippen LogP contribution in [0.4, 0.5) is 0 Å². The highest BCUT2D eigenvalue weighted by Gasteiger charge is 2.62. The zero-order valence-corrected chi connectivity index (χ0v) is 12.2. The standard InChI is InChI=1S/C15H20O6/c1-17-11-5-3-10(4-6-11)7-19-13-12-14(18-2)21-15(13,8-16)9-20-12/h3-6,12-14,16H,7-9H2,1-2H3/t12-,13-,14-,15-/m1/s1. The van der Waals surface area contributed by atoms with Gasteiger partial charge in [-0.05, 0) is 17.7 Å². The number of rotatable bonds is 6. The third-order valence-electron chi connectivity index (χ3n) is 4.04. The maximum atomic E-state index is 9.64. The number of fused-ring (bicyclic) bond motifs is 2. The molecule has 0 unspecified atom stereocenters. The van der Waals surface area contributed by atoms with E-state index in [4.69, 9.17) is 23.7 Å². The quantitative estimate of drug-likeness (QED) is 0.834. The molecule has 0 saturated carbocycles. The summed E-state index contributed by atoms with van der Waals surface area (Å²) in [7, 11) is 3.19. The van der Waals surface area contributed by atoms with E-state index in [1.807, 2.05) is 24.3 Å². The molecule has 6 heteroatoms. The van der Waals surface area contributed by atoms with Crippen molar-refractivity contribution < 1.29 is 28.8 Å². The Morgan fingerprint density at radius 3 is 2.67 bits per heavy atom. The molecule has 0 spiro atoms. The summed E-state index contributed by atoms with van der Waals surface area (Å²) in [5.74, 6) is 0.803. The van der Waals surface area contributed by atoms with E-state index in [2.05, 4.69) is 0 Å². The molecule has 2 fully saturated rings. The molecule has 6 nitrogen and oxygen atoms in total. The van der Waals surface area contributed by atoms with Crippen molar-refractivity contribution in [2.24, 2.45) is 0 Å². The predicted molar refractivity (Wildman–Crippen MR) is 73.0 cm³/mol. The highest BCUT2D eigenvalue weighted by Crippen LogP contribution is 2.42. The summed E-state index contributed by atoms with van der Waals surface area (Å²) in [6, 6.07) is 7.65. The second kappa shape index (κ2) is 5.90. The molecule has 1 aromatic carbocycles. The van der Waals surface area contributed by atoms with Gasteiger partial charge < -0.3 is 28.8 Å². The van der Waals surface area contributed by atoms with Crippen LogP contribution in [-0.2, 0) is 25.6 Å². The van der Waals surface area contributed by atoms with Crippen LogP contribution in [0.3, 0.4) is 0 Å². The number of hydrogen-bond donors (Lipinski definition) is 1. The normalized spacial score (nSPS) is 34.3. The molecule has 4 atom stereocenters. The van der Waals surface area contributed by atoms with Crippen molar-refractivity contribution in [1.82, 2.24) is 0 Å². The molecule has 2 bridgehead atoms. The Balaban J connectivity index is 1.66. The van der Waals surface area contributed by atoms with Crippen molar-refractivity contribution in [2.75, 3.05) is 27.4 Å². The van der Waals surface area contributed by atoms with E-state index in [-0.39, 0.29) is 18.8 Å². The average Bonchev–Trinajstić information content (AvgIpc) is 3.05. The van der Waals surface area contributed by atoms with Crippen LogP contribution in [0.25, 0.3) is 0 Å². The van der Waals surface area contributed by atoms with Gasteiger partial charge >= 0.3 is 0 Å². The van der Waals surface area contributed by atoms with Crippen molar-refractivity contribution in [3.8, 4) is 5.75 Å². The van der Waals surface area contributed by atoms with Crippen LogP contribution in [0.1, 0.15) is 5.56 Å². The van der Waals surface area contributed by atoms with E-state index in [9.17, 15) is 5.11 Å². The Morgan fingerprint density at radius 2 is 2.05 bits per heavy atom. The minimum atomic E-state index is -0.822. The minimum absolute atomic E-state index is 0.156. The van der Waals surface area contributed by atoms with Gasteiger partial charge in [0.05, 0.1) is 26.9 Å². The first-order chi connectivity index (χ1) is 10.2. The summed E-state index contributed by atoms with van der Waals surface area (Å²) in [4.78, 5) is 0. The van der Waals surface area contributed by atoms with Crippen LogP contribution < -0.4 is 4.74 Å². The molecule has 2 aliphatic heterocycles. The number of hydrogen-bond acceptors (Lipinski definition) is 6. The van der Waals surface area contributed by atoms with Crippen molar-refractivity contribution in [3.63, 3.8) is 0 Å². The smallest absolute Gasteiger partial charge is 0.187 e. The fraction of sp³-hybridized carbons (Fsp3) is 0.600. The number of aliphatic hydroxyl groups is 1. The second-order valence-corrected chi connectivity index (χ2v) is 5.30. The molecule has 2 heterocycles. The predicted octanol–water partition coefficient (Wildman–Crippen LogP) is 0.713. The Bertz CT molecular complexity index is 476. The zero-order valence-electron chi connectivity index (χ0n) is 12.2. The molecule has 2 aliphatic rings. The third kappa shape index (κ3) is 2.54. The molecule has 2 saturated heterocycles. The molecule has 116 valence electrons. The lowest BCUT2D eigenvalue weighted by Crippen LogP contribution is -2.45. The van der Waals surface area contributed by atoms with E-state index in [1.54, 1.807) is 14.2 Å². The third-order valence-corrected chi connectivity index (χ3v) is 4.04. The fourth-order valence-corrected chi connectivity index (χ4v) is 2.84. The van der Waals surface area contributed by atoms with Gasteiger partial charge in [0.2, 0.25) is 0 Å². The second-order valence-electron chi connectivity index (χ2n) is 5.30. The molecule has 1 aromatic rings. The number of methoxy groups -OCH3 is 2. The maximum absolute atomic E-state index is 9.64. The largest absolute Gasteiger partial charge is 0.497 e. The van der Waals surface area contributed by atoms with Crippen LogP contribution in [-0.4, -0.2) is 56.6 Å².